The molecule has 3 aliphatic heterocycles. The van der Waals surface area contributed by atoms with Crippen LogP contribution in [0.25, 0.3) is 10.9 Å². The molecule has 4 heterocycles. The summed E-state index contributed by atoms with van der Waals surface area (Å²) in [5, 5.41) is 4.30. The highest BCUT2D eigenvalue weighted by Crippen LogP contribution is 2.37. The maximum Gasteiger partial charge on any atom is 0.253 e. The predicted molar refractivity (Wildman–Crippen MR) is 145 cm³/mol. The van der Waals surface area contributed by atoms with Crippen LogP contribution in [0.5, 0.6) is 0 Å². The number of likely N-dealkylation sites (tertiary alicyclic amines) is 1. The van der Waals surface area contributed by atoms with Crippen LogP contribution in [0.4, 0.5) is 0 Å². The van der Waals surface area contributed by atoms with Gasteiger partial charge in [-0.15, -0.1) is 0 Å². The quantitative estimate of drug-likeness (QED) is 0.625. The van der Waals surface area contributed by atoms with E-state index < -0.39 is 0 Å². The standard InChI is InChI=1S/C30H42N4O3/c1-19(2)25-9-7-20(3)13-29(36)34-17-21-14-24(27(34)5-4-6-28(35)32-25)18-33(16-21)30(37)23-8-10-26-22(15-23)11-12-31-26/h8,10-12,15,19-21,24-25,27,31H,4-7,9,13-14,16-18H2,1-3H3,(H,32,35)/t20-,21+,24-,25+,27+/m1/s1. The maximum atomic E-state index is 13.6. The van der Waals surface area contributed by atoms with Crippen molar-refractivity contribution < 1.29 is 14.4 Å². The Kier molecular flexibility index (Phi) is 7.59. The zero-order valence-corrected chi connectivity index (χ0v) is 22.5. The second-order valence-corrected chi connectivity index (χ2v) is 12.2. The number of nitrogens with one attached hydrogen (secondary N) is 2. The van der Waals surface area contributed by atoms with Crippen LogP contribution in [0.3, 0.4) is 0 Å². The number of carbonyl (C=O) groups excluding carboxylic acids is 3. The number of H-pyrrole nitrogens is 1. The number of hydrogen-bond acceptors (Lipinski definition) is 3. The summed E-state index contributed by atoms with van der Waals surface area (Å²) in [6.07, 6.45) is 7.43. The Bertz CT molecular complexity index is 1140. The summed E-state index contributed by atoms with van der Waals surface area (Å²) in [6, 6.07) is 8.10. The molecule has 7 nitrogen and oxygen atoms in total. The van der Waals surface area contributed by atoms with Crippen LogP contribution in [0.1, 0.15) is 76.1 Å². The van der Waals surface area contributed by atoms with Gasteiger partial charge in [-0.3, -0.25) is 14.4 Å². The van der Waals surface area contributed by atoms with E-state index in [9.17, 15) is 14.4 Å². The number of amides is 3. The van der Waals surface area contributed by atoms with E-state index in [2.05, 4.69) is 36.0 Å². The number of carbonyl (C=O) groups is 3. The number of rotatable bonds is 2. The Balaban J connectivity index is 1.33. The van der Waals surface area contributed by atoms with Crippen molar-refractivity contribution in [1.29, 1.82) is 0 Å². The molecule has 200 valence electrons. The number of aromatic nitrogens is 1. The second kappa shape index (κ2) is 10.9. The highest BCUT2D eigenvalue weighted by molar-refractivity contribution is 5.98. The maximum absolute atomic E-state index is 13.6. The summed E-state index contributed by atoms with van der Waals surface area (Å²) in [5.41, 5.74) is 1.75. The highest BCUT2D eigenvalue weighted by atomic mass is 16.2. The Morgan fingerprint density at radius 1 is 1.05 bits per heavy atom. The minimum Gasteiger partial charge on any atom is -0.361 e. The lowest BCUT2D eigenvalue weighted by Crippen LogP contribution is -2.60. The van der Waals surface area contributed by atoms with Gasteiger partial charge in [-0.1, -0.05) is 20.8 Å². The van der Waals surface area contributed by atoms with Crippen LogP contribution in [-0.2, 0) is 9.59 Å². The van der Waals surface area contributed by atoms with Gasteiger partial charge >= 0.3 is 0 Å². The van der Waals surface area contributed by atoms with Crippen molar-refractivity contribution in [2.24, 2.45) is 23.7 Å². The van der Waals surface area contributed by atoms with E-state index in [1.165, 1.54) is 0 Å². The number of benzene rings is 1. The molecule has 7 heteroatoms. The van der Waals surface area contributed by atoms with Gasteiger partial charge in [0.1, 0.15) is 0 Å². The molecule has 2 aromatic rings. The van der Waals surface area contributed by atoms with Crippen LogP contribution in [0.2, 0.25) is 0 Å². The van der Waals surface area contributed by atoms with Gasteiger partial charge in [0.05, 0.1) is 0 Å². The number of hydrogen-bond donors (Lipinski definition) is 2. The lowest BCUT2D eigenvalue weighted by molar-refractivity contribution is -0.141. The van der Waals surface area contributed by atoms with Gasteiger partial charge in [-0.25, -0.2) is 0 Å². The van der Waals surface area contributed by atoms with Gasteiger partial charge in [0.15, 0.2) is 0 Å². The van der Waals surface area contributed by atoms with Crippen molar-refractivity contribution in [2.75, 3.05) is 19.6 Å². The molecule has 1 aromatic heterocycles. The van der Waals surface area contributed by atoms with E-state index >= 15 is 0 Å². The van der Waals surface area contributed by atoms with E-state index in [-0.39, 0.29) is 41.6 Å². The molecule has 5 atom stereocenters. The van der Waals surface area contributed by atoms with Gasteiger partial charge in [0.2, 0.25) is 11.8 Å². The fourth-order valence-electron chi connectivity index (χ4n) is 6.84. The fourth-order valence-corrected chi connectivity index (χ4v) is 6.84. The molecule has 3 aliphatic rings. The molecule has 0 saturated carbocycles. The number of fused-ring (bicyclic) bond motifs is 5. The van der Waals surface area contributed by atoms with Crippen LogP contribution in [0, 0.1) is 23.7 Å². The third kappa shape index (κ3) is 5.70. The van der Waals surface area contributed by atoms with Crippen molar-refractivity contribution in [2.45, 2.75) is 77.8 Å². The third-order valence-electron chi connectivity index (χ3n) is 8.93. The predicted octanol–water partition coefficient (Wildman–Crippen LogP) is 4.59. The van der Waals surface area contributed by atoms with Crippen molar-refractivity contribution >= 4 is 28.6 Å². The molecule has 3 saturated heterocycles. The fraction of sp³-hybridized carbons (Fsp3) is 0.633. The molecule has 0 spiro atoms. The molecule has 2 N–H and O–H groups in total. The largest absolute Gasteiger partial charge is 0.361 e. The van der Waals surface area contributed by atoms with Crippen LogP contribution in [0.15, 0.2) is 30.5 Å². The van der Waals surface area contributed by atoms with E-state index in [0.29, 0.717) is 44.3 Å². The lowest BCUT2D eigenvalue weighted by atomic mass is 9.77. The van der Waals surface area contributed by atoms with Gasteiger partial charge in [0.25, 0.3) is 5.91 Å². The van der Waals surface area contributed by atoms with Crippen LogP contribution >= 0.6 is 0 Å². The molecule has 3 amide bonds. The Labute approximate surface area is 220 Å². The lowest BCUT2D eigenvalue weighted by Gasteiger charge is -2.51. The Morgan fingerprint density at radius 3 is 2.70 bits per heavy atom. The summed E-state index contributed by atoms with van der Waals surface area (Å²) in [7, 11) is 0. The van der Waals surface area contributed by atoms with Crippen LogP contribution in [-0.4, -0.2) is 64.2 Å². The van der Waals surface area contributed by atoms with Crippen molar-refractivity contribution in [3.05, 3.63) is 36.0 Å². The summed E-state index contributed by atoms with van der Waals surface area (Å²) in [6.45, 7) is 8.56. The topological polar surface area (TPSA) is 85.5 Å². The second-order valence-electron chi connectivity index (χ2n) is 12.2. The molecule has 0 unspecified atom stereocenters. The summed E-state index contributed by atoms with van der Waals surface area (Å²) < 4.78 is 0. The molecule has 37 heavy (non-hydrogen) atoms. The first-order valence-corrected chi connectivity index (χ1v) is 14.2. The van der Waals surface area contributed by atoms with E-state index in [4.69, 9.17) is 0 Å². The molecule has 2 bridgehead atoms. The van der Waals surface area contributed by atoms with Gasteiger partial charge in [-0.05, 0) is 80.0 Å². The molecule has 3 fully saturated rings. The molecule has 0 aliphatic carbocycles. The minimum atomic E-state index is 0.0787. The van der Waals surface area contributed by atoms with E-state index in [1.54, 1.807) is 0 Å². The van der Waals surface area contributed by atoms with E-state index in [0.717, 1.165) is 48.6 Å². The van der Waals surface area contributed by atoms with Gasteiger partial charge in [0, 0.05) is 67.2 Å². The van der Waals surface area contributed by atoms with E-state index in [1.807, 2.05) is 35.4 Å². The highest BCUT2D eigenvalue weighted by Gasteiger charge is 2.43. The zero-order valence-electron chi connectivity index (χ0n) is 22.5. The summed E-state index contributed by atoms with van der Waals surface area (Å²) in [4.78, 5) is 47.2. The zero-order chi connectivity index (χ0) is 26.1. The number of piperidine rings is 2. The van der Waals surface area contributed by atoms with Crippen molar-refractivity contribution in [1.82, 2.24) is 20.1 Å². The monoisotopic (exact) mass is 506 g/mol. The van der Waals surface area contributed by atoms with Gasteiger partial charge in [-0.2, -0.15) is 0 Å². The smallest absolute Gasteiger partial charge is 0.253 e. The number of aromatic amines is 1. The summed E-state index contributed by atoms with van der Waals surface area (Å²) >= 11 is 0. The summed E-state index contributed by atoms with van der Waals surface area (Å²) in [5.74, 6) is 1.68. The SMILES string of the molecule is CC(C)[C@@H]1CC[C@@H](C)CC(=O)N2C[C@H]3C[C@H](CN(C(=O)c4ccc5[nH]ccc5c4)C3)[C@@H]2CCCC(=O)N1. The first kappa shape index (κ1) is 25.8. The molecular formula is C30H42N4O3. The van der Waals surface area contributed by atoms with Crippen molar-refractivity contribution in [3.63, 3.8) is 0 Å². The van der Waals surface area contributed by atoms with Gasteiger partial charge < -0.3 is 20.1 Å². The van der Waals surface area contributed by atoms with Crippen LogP contribution < -0.4 is 5.32 Å². The average molecular weight is 507 g/mol. The number of nitrogens with zero attached hydrogens (tertiary/aromatic N) is 2. The average Bonchev–Trinajstić information content (AvgIpc) is 3.34. The first-order chi connectivity index (χ1) is 17.8. The first-order valence-electron chi connectivity index (χ1n) is 14.2. The van der Waals surface area contributed by atoms with Crippen molar-refractivity contribution in [3.8, 4) is 0 Å². The molecule has 1 aromatic carbocycles. The Morgan fingerprint density at radius 2 is 1.89 bits per heavy atom. The molecular weight excluding hydrogens is 464 g/mol. The normalized spacial score (nSPS) is 29.8. The molecule has 0 radical (unpaired) electrons. The molecule has 5 rings (SSSR count). The Hall–Kier alpha value is -2.83. The minimum absolute atomic E-state index is 0.0787. The third-order valence-corrected chi connectivity index (χ3v) is 8.93.